The zero-order chi connectivity index (χ0) is 15.5. The van der Waals surface area contributed by atoms with Gasteiger partial charge in [0.1, 0.15) is 5.82 Å². The Hall–Kier alpha value is -1.26. The topological polar surface area (TPSA) is 23.6 Å². The highest BCUT2D eigenvalue weighted by molar-refractivity contribution is 5.96. The quantitative estimate of drug-likeness (QED) is 0.722. The van der Waals surface area contributed by atoms with Crippen molar-refractivity contribution in [3.05, 3.63) is 35.6 Å². The van der Waals surface area contributed by atoms with Gasteiger partial charge in [-0.2, -0.15) is 0 Å². The highest BCUT2D eigenvalue weighted by atomic mass is 19.1. The highest BCUT2D eigenvalue weighted by Gasteiger charge is 2.39. The predicted molar refractivity (Wildman–Crippen MR) is 83.1 cm³/mol. The van der Waals surface area contributed by atoms with Gasteiger partial charge in [0, 0.05) is 30.6 Å². The number of ketones is 1. The summed E-state index contributed by atoms with van der Waals surface area (Å²) in [6.07, 6.45) is 4.17. The van der Waals surface area contributed by atoms with Gasteiger partial charge in [0.15, 0.2) is 5.78 Å². The minimum atomic E-state index is -0.352. The van der Waals surface area contributed by atoms with Crippen LogP contribution >= 0.6 is 0 Å². The lowest BCUT2D eigenvalue weighted by Crippen LogP contribution is -2.56. The Balaban J connectivity index is 1.84. The summed E-state index contributed by atoms with van der Waals surface area (Å²) in [6, 6.07) is 5.94. The molecule has 0 radical (unpaired) electrons. The molecular weight excluding hydrogens is 267 g/mol. The van der Waals surface area contributed by atoms with E-state index in [9.17, 15) is 9.18 Å². The third-order valence-corrected chi connectivity index (χ3v) is 4.66. The second-order valence-electron chi connectivity index (χ2n) is 6.39. The number of benzene rings is 1. The average molecular weight is 292 g/mol. The highest BCUT2D eigenvalue weighted by Crippen LogP contribution is 2.36. The van der Waals surface area contributed by atoms with Crippen LogP contribution in [0.3, 0.4) is 0 Å². The Morgan fingerprint density at radius 2 is 2.00 bits per heavy atom. The van der Waals surface area contributed by atoms with Crippen LogP contribution in [0, 0.1) is 5.82 Å². The van der Waals surface area contributed by atoms with Crippen molar-refractivity contribution in [2.75, 3.05) is 34.2 Å². The SMILES string of the molecule is CN(CCC(=O)c1cccc(F)c1)CC1(N(C)C)CCC1. The maximum atomic E-state index is 13.1. The van der Waals surface area contributed by atoms with Gasteiger partial charge in [-0.3, -0.25) is 4.79 Å². The molecule has 0 spiro atoms. The molecule has 0 unspecified atom stereocenters. The fraction of sp³-hybridized carbons (Fsp3) is 0.588. The van der Waals surface area contributed by atoms with Crippen molar-refractivity contribution in [2.45, 2.75) is 31.2 Å². The number of Topliss-reactive ketones (excluding diaryl/α,β-unsaturated/α-hetero) is 1. The first-order valence-corrected chi connectivity index (χ1v) is 7.58. The molecule has 1 aromatic carbocycles. The van der Waals surface area contributed by atoms with Crippen LogP contribution in [-0.4, -0.2) is 55.4 Å². The molecule has 0 saturated heterocycles. The van der Waals surface area contributed by atoms with Gasteiger partial charge in [-0.1, -0.05) is 12.1 Å². The fourth-order valence-electron chi connectivity index (χ4n) is 3.01. The summed E-state index contributed by atoms with van der Waals surface area (Å²) in [5.74, 6) is -0.343. The number of halogens is 1. The molecular formula is C17H25FN2O. The van der Waals surface area contributed by atoms with E-state index in [4.69, 9.17) is 0 Å². The van der Waals surface area contributed by atoms with E-state index in [0.717, 1.165) is 6.54 Å². The van der Waals surface area contributed by atoms with E-state index in [2.05, 4.69) is 30.9 Å². The van der Waals surface area contributed by atoms with Crippen LogP contribution in [0.2, 0.25) is 0 Å². The molecule has 0 heterocycles. The molecule has 1 aliphatic rings. The molecule has 1 saturated carbocycles. The first-order valence-electron chi connectivity index (χ1n) is 7.58. The lowest BCUT2D eigenvalue weighted by atomic mass is 9.75. The Bertz CT molecular complexity index is 497. The van der Waals surface area contributed by atoms with Crippen LogP contribution in [-0.2, 0) is 0 Å². The van der Waals surface area contributed by atoms with Gasteiger partial charge in [0.05, 0.1) is 0 Å². The normalized spacial score (nSPS) is 17.0. The number of carbonyl (C=O) groups excluding carboxylic acids is 1. The molecule has 1 aromatic rings. The van der Waals surface area contributed by atoms with Gasteiger partial charge in [-0.25, -0.2) is 4.39 Å². The van der Waals surface area contributed by atoms with E-state index in [1.54, 1.807) is 12.1 Å². The van der Waals surface area contributed by atoms with Crippen LogP contribution in [0.5, 0.6) is 0 Å². The van der Waals surface area contributed by atoms with Crippen molar-refractivity contribution in [3.63, 3.8) is 0 Å². The van der Waals surface area contributed by atoms with E-state index < -0.39 is 0 Å². The number of likely N-dealkylation sites (N-methyl/N-ethyl adjacent to an activating group) is 2. The minimum absolute atomic E-state index is 0.00821. The van der Waals surface area contributed by atoms with Crippen molar-refractivity contribution in [1.82, 2.24) is 9.80 Å². The third-order valence-electron chi connectivity index (χ3n) is 4.66. The summed E-state index contributed by atoms with van der Waals surface area (Å²) in [5.41, 5.74) is 0.741. The first-order chi connectivity index (χ1) is 9.93. The van der Waals surface area contributed by atoms with Crippen LogP contribution in [0.15, 0.2) is 24.3 Å². The van der Waals surface area contributed by atoms with Crippen molar-refractivity contribution < 1.29 is 9.18 Å². The van der Waals surface area contributed by atoms with Crippen molar-refractivity contribution in [1.29, 1.82) is 0 Å². The van der Waals surface area contributed by atoms with Gasteiger partial charge in [0.2, 0.25) is 0 Å². The molecule has 0 aliphatic heterocycles. The summed E-state index contributed by atoms with van der Waals surface area (Å²) in [7, 11) is 6.32. The maximum Gasteiger partial charge on any atom is 0.164 e. The van der Waals surface area contributed by atoms with Gasteiger partial charge >= 0.3 is 0 Å². The van der Waals surface area contributed by atoms with Crippen molar-refractivity contribution in [2.24, 2.45) is 0 Å². The molecule has 116 valence electrons. The predicted octanol–water partition coefficient (Wildman–Crippen LogP) is 2.81. The van der Waals surface area contributed by atoms with Crippen LogP contribution in [0.25, 0.3) is 0 Å². The lowest BCUT2D eigenvalue weighted by molar-refractivity contribution is 0.0276. The Labute approximate surface area is 126 Å². The third kappa shape index (κ3) is 3.89. The largest absolute Gasteiger partial charge is 0.304 e. The smallest absolute Gasteiger partial charge is 0.164 e. The van der Waals surface area contributed by atoms with Gasteiger partial charge in [0.25, 0.3) is 0 Å². The zero-order valence-electron chi connectivity index (χ0n) is 13.2. The molecule has 0 atom stereocenters. The van der Waals surface area contributed by atoms with E-state index >= 15 is 0 Å². The number of hydrogen-bond acceptors (Lipinski definition) is 3. The number of nitrogens with zero attached hydrogens (tertiary/aromatic N) is 2. The summed E-state index contributed by atoms with van der Waals surface area (Å²) in [6.45, 7) is 1.70. The van der Waals surface area contributed by atoms with Gasteiger partial charge in [-0.05, 0) is 52.5 Å². The standard InChI is InChI=1S/C17H25FN2O/c1-19(2)17(9-5-10-17)13-20(3)11-8-16(21)14-6-4-7-15(18)12-14/h4,6-7,12H,5,8-11,13H2,1-3H3. The molecule has 1 fully saturated rings. The monoisotopic (exact) mass is 292 g/mol. The summed E-state index contributed by atoms with van der Waals surface area (Å²) < 4.78 is 13.1. The Morgan fingerprint density at radius 1 is 1.29 bits per heavy atom. The van der Waals surface area contributed by atoms with E-state index in [1.807, 2.05) is 0 Å². The minimum Gasteiger partial charge on any atom is -0.304 e. The fourth-order valence-corrected chi connectivity index (χ4v) is 3.01. The van der Waals surface area contributed by atoms with Crippen LogP contribution < -0.4 is 0 Å². The van der Waals surface area contributed by atoms with E-state index in [0.29, 0.717) is 18.5 Å². The molecule has 0 amide bonds. The molecule has 1 aliphatic carbocycles. The van der Waals surface area contributed by atoms with E-state index in [-0.39, 0.29) is 17.1 Å². The van der Waals surface area contributed by atoms with Crippen molar-refractivity contribution in [3.8, 4) is 0 Å². The second-order valence-corrected chi connectivity index (χ2v) is 6.39. The van der Waals surface area contributed by atoms with E-state index in [1.165, 1.54) is 31.4 Å². The van der Waals surface area contributed by atoms with Crippen LogP contribution in [0.1, 0.15) is 36.0 Å². The molecule has 0 aromatic heterocycles. The first kappa shape index (κ1) is 16.1. The van der Waals surface area contributed by atoms with Gasteiger partial charge < -0.3 is 9.80 Å². The molecule has 21 heavy (non-hydrogen) atoms. The number of carbonyl (C=O) groups is 1. The summed E-state index contributed by atoms with van der Waals surface area (Å²) in [5, 5.41) is 0. The average Bonchev–Trinajstić information content (AvgIpc) is 2.39. The molecule has 0 N–H and O–H groups in total. The van der Waals surface area contributed by atoms with Gasteiger partial charge in [-0.15, -0.1) is 0 Å². The molecule has 2 rings (SSSR count). The zero-order valence-corrected chi connectivity index (χ0v) is 13.2. The number of hydrogen-bond donors (Lipinski definition) is 0. The molecule has 3 nitrogen and oxygen atoms in total. The Morgan fingerprint density at radius 3 is 2.52 bits per heavy atom. The van der Waals surface area contributed by atoms with Crippen molar-refractivity contribution >= 4 is 5.78 Å². The summed E-state index contributed by atoms with van der Waals surface area (Å²) >= 11 is 0. The summed E-state index contributed by atoms with van der Waals surface area (Å²) in [4.78, 5) is 16.6. The Kier molecular flexibility index (Phi) is 5.12. The second kappa shape index (κ2) is 6.67. The lowest BCUT2D eigenvalue weighted by Gasteiger charge is -2.49. The molecule has 0 bridgehead atoms. The number of rotatable bonds is 7. The molecule has 4 heteroatoms. The maximum absolute atomic E-state index is 13.1. The van der Waals surface area contributed by atoms with Crippen LogP contribution in [0.4, 0.5) is 4.39 Å².